The monoisotopic (exact) mass is 349 g/mol. The van der Waals surface area contributed by atoms with E-state index in [1.54, 1.807) is 0 Å². The SMILES string of the molecule is NNC1c2cc(Br)ccc2OC(=S)N1c1ccccc1. The van der Waals surface area contributed by atoms with E-state index in [1.807, 2.05) is 53.4 Å². The standard InChI is InChI=1S/C14H12BrN3OS/c15-9-6-7-12-11(8-9)13(17-16)18(14(20)19-12)10-4-2-1-3-5-10/h1-8,13,17H,16H2. The number of ether oxygens (including phenoxy) is 1. The molecule has 2 aromatic rings. The van der Waals surface area contributed by atoms with Crippen molar-refractivity contribution in [3.05, 3.63) is 58.6 Å². The number of nitrogens with zero attached hydrogens (tertiary/aromatic N) is 1. The van der Waals surface area contributed by atoms with E-state index in [-0.39, 0.29) is 6.17 Å². The smallest absolute Gasteiger partial charge is 0.271 e. The highest BCUT2D eigenvalue weighted by Gasteiger charge is 2.32. The van der Waals surface area contributed by atoms with Gasteiger partial charge >= 0.3 is 0 Å². The number of nitrogens with two attached hydrogens (primary N) is 1. The third-order valence-electron chi connectivity index (χ3n) is 3.11. The molecule has 0 aliphatic carbocycles. The molecule has 1 atom stereocenters. The molecule has 3 N–H and O–H groups in total. The second kappa shape index (κ2) is 5.49. The molecule has 102 valence electrons. The number of nitrogens with one attached hydrogen (secondary N) is 1. The molecule has 3 rings (SSSR count). The lowest BCUT2D eigenvalue weighted by molar-refractivity contribution is 0.448. The number of hydrogen-bond donors (Lipinski definition) is 2. The molecule has 0 radical (unpaired) electrons. The maximum atomic E-state index is 5.74. The van der Waals surface area contributed by atoms with E-state index in [9.17, 15) is 0 Å². The van der Waals surface area contributed by atoms with Crippen molar-refractivity contribution < 1.29 is 4.74 Å². The Bertz CT molecular complexity index is 650. The lowest BCUT2D eigenvalue weighted by atomic mass is 10.1. The molecule has 1 aliphatic heterocycles. The molecule has 0 saturated carbocycles. The fourth-order valence-corrected chi connectivity index (χ4v) is 2.90. The predicted octanol–water partition coefficient (Wildman–Crippen LogP) is 3.09. The molecule has 1 aliphatic rings. The first kappa shape index (κ1) is 13.5. The minimum absolute atomic E-state index is 0.272. The Morgan fingerprint density at radius 3 is 2.65 bits per heavy atom. The van der Waals surface area contributed by atoms with Crippen LogP contribution in [0.25, 0.3) is 0 Å². The second-order valence-electron chi connectivity index (χ2n) is 4.32. The molecule has 0 amide bonds. The van der Waals surface area contributed by atoms with Crippen LogP contribution in [-0.4, -0.2) is 5.17 Å². The van der Waals surface area contributed by atoms with Crippen LogP contribution in [0.1, 0.15) is 11.7 Å². The average Bonchev–Trinajstić information content (AvgIpc) is 2.47. The molecule has 20 heavy (non-hydrogen) atoms. The van der Waals surface area contributed by atoms with Gasteiger partial charge in [0, 0.05) is 15.7 Å². The van der Waals surface area contributed by atoms with Gasteiger partial charge in [0.15, 0.2) is 0 Å². The molecule has 1 heterocycles. The van der Waals surface area contributed by atoms with Crippen LogP contribution in [0.4, 0.5) is 5.69 Å². The van der Waals surface area contributed by atoms with Crippen molar-refractivity contribution in [2.75, 3.05) is 4.90 Å². The molecule has 2 aromatic carbocycles. The van der Waals surface area contributed by atoms with Crippen molar-refractivity contribution in [1.82, 2.24) is 5.43 Å². The normalized spacial score (nSPS) is 17.6. The Kier molecular flexibility index (Phi) is 3.71. The number of hydrogen-bond acceptors (Lipinski definition) is 4. The zero-order valence-electron chi connectivity index (χ0n) is 10.4. The minimum Gasteiger partial charge on any atom is -0.431 e. The van der Waals surface area contributed by atoms with Gasteiger partial charge in [-0.3, -0.25) is 10.7 Å². The summed E-state index contributed by atoms with van der Waals surface area (Å²) in [4.78, 5) is 1.85. The van der Waals surface area contributed by atoms with Crippen molar-refractivity contribution in [2.24, 2.45) is 5.84 Å². The predicted molar refractivity (Wildman–Crippen MR) is 86.4 cm³/mol. The maximum absolute atomic E-state index is 5.74. The third kappa shape index (κ3) is 2.31. The van der Waals surface area contributed by atoms with E-state index in [2.05, 4.69) is 21.4 Å². The molecular weight excluding hydrogens is 338 g/mol. The quantitative estimate of drug-likeness (QED) is 0.495. The van der Waals surface area contributed by atoms with E-state index in [1.165, 1.54) is 0 Å². The van der Waals surface area contributed by atoms with Crippen molar-refractivity contribution in [1.29, 1.82) is 0 Å². The summed E-state index contributed by atoms with van der Waals surface area (Å²) < 4.78 is 6.69. The van der Waals surface area contributed by atoms with Crippen LogP contribution in [0.5, 0.6) is 5.75 Å². The van der Waals surface area contributed by atoms with Crippen LogP contribution in [-0.2, 0) is 0 Å². The van der Waals surface area contributed by atoms with E-state index < -0.39 is 0 Å². The Morgan fingerprint density at radius 2 is 1.95 bits per heavy atom. The van der Waals surface area contributed by atoms with E-state index in [0.717, 1.165) is 15.7 Å². The highest BCUT2D eigenvalue weighted by Crippen LogP contribution is 2.37. The molecule has 0 spiro atoms. The van der Waals surface area contributed by atoms with Crippen molar-refractivity contribution in [2.45, 2.75) is 6.17 Å². The summed E-state index contributed by atoms with van der Waals surface area (Å²) in [5.41, 5.74) is 4.66. The van der Waals surface area contributed by atoms with Gasteiger partial charge in [-0.25, -0.2) is 5.43 Å². The summed E-state index contributed by atoms with van der Waals surface area (Å²) in [5.74, 6) is 6.45. The highest BCUT2D eigenvalue weighted by molar-refractivity contribution is 9.10. The van der Waals surface area contributed by atoms with Crippen molar-refractivity contribution in [3.8, 4) is 5.75 Å². The van der Waals surface area contributed by atoms with Gasteiger partial charge in [-0.1, -0.05) is 34.1 Å². The van der Waals surface area contributed by atoms with Crippen LogP contribution in [0.15, 0.2) is 53.0 Å². The number of anilines is 1. The van der Waals surface area contributed by atoms with Gasteiger partial charge in [0.05, 0.1) is 0 Å². The van der Waals surface area contributed by atoms with Gasteiger partial charge in [0.2, 0.25) is 0 Å². The molecule has 0 aromatic heterocycles. The Labute approximate surface area is 130 Å². The first-order valence-corrected chi connectivity index (χ1v) is 7.22. The van der Waals surface area contributed by atoms with E-state index >= 15 is 0 Å². The number of benzene rings is 2. The fraction of sp³-hybridized carbons (Fsp3) is 0.0714. The van der Waals surface area contributed by atoms with Crippen LogP contribution in [0.2, 0.25) is 0 Å². The molecule has 4 nitrogen and oxygen atoms in total. The number of rotatable bonds is 2. The maximum Gasteiger partial charge on any atom is 0.271 e. The summed E-state index contributed by atoms with van der Waals surface area (Å²) in [5, 5.41) is 0.369. The van der Waals surface area contributed by atoms with Gasteiger partial charge in [0.25, 0.3) is 5.17 Å². The van der Waals surface area contributed by atoms with Crippen LogP contribution < -0.4 is 20.9 Å². The fourth-order valence-electron chi connectivity index (χ4n) is 2.22. The van der Waals surface area contributed by atoms with Crippen LogP contribution in [0.3, 0.4) is 0 Å². The lowest BCUT2D eigenvalue weighted by Gasteiger charge is -2.37. The number of para-hydroxylation sites is 1. The van der Waals surface area contributed by atoms with E-state index in [0.29, 0.717) is 10.9 Å². The van der Waals surface area contributed by atoms with E-state index in [4.69, 9.17) is 22.8 Å². The average molecular weight is 350 g/mol. The Morgan fingerprint density at radius 1 is 1.20 bits per heavy atom. The molecule has 0 fully saturated rings. The largest absolute Gasteiger partial charge is 0.431 e. The van der Waals surface area contributed by atoms with Crippen molar-refractivity contribution in [3.63, 3.8) is 0 Å². The summed E-state index contributed by atoms with van der Waals surface area (Å²) in [7, 11) is 0. The van der Waals surface area contributed by atoms with Crippen LogP contribution >= 0.6 is 28.1 Å². The second-order valence-corrected chi connectivity index (χ2v) is 5.59. The Hall–Kier alpha value is -1.47. The van der Waals surface area contributed by atoms with Crippen LogP contribution in [0, 0.1) is 0 Å². The Balaban J connectivity index is 2.10. The number of hydrazine groups is 1. The minimum atomic E-state index is -0.272. The van der Waals surface area contributed by atoms with Gasteiger partial charge in [-0.2, -0.15) is 0 Å². The first-order valence-electron chi connectivity index (χ1n) is 6.02. The van der Waals surface area contributed by atoms with Gasteiger partial charge < -0.3 is 4.74 Å². The third-order valence-corrected chi connectivity index (χ3v) is 3.88. The molecular formula is C14H12BrN3OS. The molecule has 0 saturated heterocycles. The lowest BCUT2D eigenvalue weighted by Crippen LogP contribution is -2.49. The highest BCUT2D eigenvalue weighted by atomic mass is 79.9. The zero-order chi connectivity index (χ0) is 14.1. The summed E-state index contributed by atoms with van der Waals surface area (Å²) in [6, 6.07) is 15.5. The first-order chi connectivity index (χ1) is 9.70. The zero-order valence-corrected chi connectivity index (χ0v) is 12.8. The number of halogens is 1. The molecule has 6 heteroatoms. The number of fused-ring (bicyclic) bond motifs is 1. The van der Waals surface area contributed by atoms with Gasteiger partial charge in [-0.15, -0.1) is 0 Å². The summed E-state index contributed by atoms with van der Waals surface area (Å²) in [6.45, 7) is 0. The summed E-state index contributed by atoms with van der Waals surface area (Å²) >= 11 is 8.82. The van der Waals surface area contributed by atoms with Gasteiger partial charge in [-0.05, 0) is 42.5 Å². The van der Waals surface area contributed by atoms with Crippen molar-refractivity contribution >= 4 is 39.0 Å². The number of thiocarbonyl (C=S) groups is 1. The molecule has 1 unspecified atom stereocenters. The van der Waals surface area contributed by atoms with Gasteiger partial charge in [0.1, 0.15) is 11.9 Å². The topological polar surface area (TPSA) is 50.5 Å². The summed E-state index contributed by atoms with van der Waals surface area (Å²) in [6.07, 6.45) is -0.272. The molecule has 0 bridgehead atoms.